The highest BCUT2D eigenvalue weighted by molar-refractivity contribution is 5.90. The van der Waals surface area contributed by atoms with E-state index in [0.717, 1.165) is 25.3 Å². The average molecular weight is 452 g/mol. The summed E-state index contributed by atoms with van der Waals surface area (Å²) in [5.74, 6) is 8.31. The lowest BCUT2D eigenvalue weighted by Crippen LogP contribution is -2.49. The normalized spacial score (nSPS) is 23.8. The van der Waals surface area contributed by atoms with Gasteiger partial charge in [-0.25, -0.2) is 4.98 Å². The van der Waals surface area contributed by atoms with Gasteiger partial charge in [0.1, 0.15) is 23.1 Å². The number of anilines is 3. The Morgan fingerprint density at radius 3 is 2.97 bits per heavy atom. The van der Waals surface area contributed by atoms with Crippen LogP contribution in [0.4, 0.5) is 17.5 Å². The molecule has 4 N–H and O–H groups in total. The fourth-order valence-corrected chi connectivity index (χ4v) is 4.35. The van der Waals surface area contributed by atoms with E-state index in [0.29, 0.717) is 55.0 Å². The highest BCUT2D eigenvalue weighted by Gasteiger charge is 2.32. The molecule has 1 unspecified atom stereocenters. The number of nitrogens with one attached hydrogen (secondary N) is 3. The zero-order valence-corrected chi connectivity index (χ0v) is 19.6. The van der Waals surface area contributed by atoms with Crippen molar-refractivity contribution in [3.63, 3.8) is 0 Å². The number of piperidine rings is 1. The quantitative estimate of drug-likeness (QED) is 0.408. The molecule has 0 bridgehead atoms. The molecule has 2 atom stereocenters. The van der Waals surface area contributed by atoms with Gasteiger partial charge in [-0.05, 0) is 46.2 Å². The van der Waals surface area contributed by atoms with E-state index in [2.05, 4.69) is 57.9 Å². The van der Waals surface area contributed by atoms with Crippen molar-refractivity contribution in [2.45, 2.75) is 51.3 Å². The van der Waals surface area contributed by atoms with Gasteiger partial charge in [-0.2, -0.15) is 5.10 Å². The fraction of sp³-hybridized carbons (Fsp3) is 0.542. The zero-order valence-electron chi connectivity index (χ0n) is 19.6. The Morgan fingerprint density at radius 2 is 2.27 bits per heavy atom. The van der Waals surface area contributed by atoms with Crippen molar-refractivity contribution >= 4 is 23.7 Å². The number of hydrogen-bond donors (Lipinski definition) is 4. The Morgan fingerprint density at radius 1 is 1.42 bits per heavy atom. The first-order valence-electron chi connectivity index (χ1n) is 11.5. The number of likely N-dealkylation sites (tertiary alicyclic amines) is 1. The number of β-amino-alcohol motifs (C(OH)–C–C–N with tert-alkyl or cyclic N) is 1. The van der Waals surface area contributed by atoms with Gasteiger partial charge in [0.15, 0.2) is 0 Å². The highest BCUT2D eigenvalue weighted by Crippen LogP contribution is 2.28. The molecule has 0 radical (unpaired) electrons. The minimum Gasteiger partial charge on any atom is -0.377 e. The van der Waals surface area contributed by atoms with Crippen molar-refractivity contribution in [1.82, 2.24) is 20.1 Å². The predicted octanol–water partition coefficient (Wildman–Crippen LogP) is 2.36. The maximum Gasteiger partial charge on any atom is 0.144 e. The Hall–Kier alpha value is -2.93. The zero-order chi connectivity index (χ0) is 23.4. The number of pyridine rings is 1. The summed E-state index contributed by atoms with van der Waals surface area (Å²) in [6.45, 7) is 9.86. The number of H-pyrrole nitrogens is 1. The molecule has 4 heterocycles. The summed E-state index contributed by atoms with van der Waals surface area (Å²) >= 11 is 0. The van der Waals surface area contributed by atoms with Crippen LogP contribution in [0.15, 0.2) is 18.3 Å². The third-order valence-corrected chi connectivity index (χ3v) is 6.27. The molecule has 0 amide bonds. The highest BCUT2D eigenvalue weighted by atomic mass is 16.5. The van der Waals surface area contributed by atoms with E-state index in [9.17, 15) is 5.11 Å². The summed E-state index contributed by atoms with van der Waals surface area (Å²) in [6.07, 6.45) is 4.45. The van der Waals surface area contributed by atoms with Crippen LogP contribution in [0.3, 0.4) is 0 Å². The number of morpholine rings is 1. The number of aliphatic hydroxyl groups is 1. The molecule has 2 aromatic heterocycles. The summed E-state index contributed by atoms with van der Waals surface area (Å²) in [6, 6.07) is 4.24. The molecule has 0 spiro atoms. The Balaban J connectivity index is 1.74. The fourth-order valence-electron chi connectivity index (χ4n) is 4.35. The second-order valence-corrected chi connectivity index (χ2v) is 9.10. The second kappa shape index (κ2) is 9.91. The SMILES string of the molecule is CC(C)N1CCCC(O)(C#Cc2cc(N3CCOC[C@H]3C)nc(Nc3ccn[nH]3)c2C=N)C1. The number of aromatic amines is 1. The average Bonchev–Trinajstić information content (AvgIpc) is 3.31. The number of nitrogens with zero attached hydrogens (tertiary/aromatic N) is 4. The molecule has 2 fully saturated rings. The minimum atomic E-state index is -1.07. The third-order valence-electron chi connectivity index (χ3n) is 6.27. The van der Waals surface area contributed by atoms with Gasteiger partial charge in [0.25, 0.3) is 0 Å². The smallest absolute Gasteiger partial charge is 0.144 e. The van der Waals surface area contributed by atoms with Gasteiger partial charge in [-0.15, -0.1) is 0 Å². The predicted molar refractivity (Wildman–Crippen MR) is 129 cm³/mol. The molecule has 4 rings (SSSR count). The van der Waals surface area contributed by atoms with E-state index in [1.807, 2.05) is 6.07 Å². The lowest BCUT2D eigenvalue weighted by atomic mass is 9.92. The van der Waals surface area contributed by atoms with Gasteiger partial charge in [0.05, 0.1) is 31.0 Å². The standard InChI is InChI=1S/C24H33N7O2/c1-17(2)30-10-4-7-24(32,16-30)8-5-19-13-22(31-11-12-33-15-18(31)3)28-23(20(19)14-25)27-21-6-9-26-29-21/h6,9,13-14,17-18,25,32H,4,7,10-12,15-16H2,1-3H3,(H2,26,27,28,29)/t18-,24?/m1/s1. The lowest BCUT2D eigenvalue weighted by Gasteiger charge is -2.38. The molecule has 33 heavy (non-hydrogen) atoms. The largest absolute Gasteiger partial charge is 0.377 e. The number of ether oxygens (including phenoxy) is 1. The molecule has 0 saturated carbocycles. The maximum atomic E-state index is 11.2. The maximum absolute atomic E-state index is 11.2. The molecule has 0 aromatic carbocycles. The van der Waals surface area contributed by atoms with Crippen molar-refractivity contribution in [2.24, 2.45) is 0 Å². The van der Waals surface area contributed by atoms with Gasteiger partial charge in [0, 0.05) is 37.0 Å². The first-order valence-corrected chi connectivity index (χ1v) is 11.5. The van der Waals surface area contributed by atoms with Gasteiger partial charge in [0.2, 0.25) is 0 Å². The summed E-state index contributed by atoms with van der Waals surface area (Å²) in [5, 5.41) is 29.4. The van der Waals surface area contributed by atoms with Crippen molar-refractivity contribution < 1.29 is 9.84 Å². The van der Waals surface area contributed by atoms with E-state index in [1.165, 1.54) is 6.21 Å². The van der Waals surface area contributed by atoms with Crippen LogP contribution in [0, 0.1) is 17.3 Å². The molecule has 176 valence electrons. The molecule has 2 aliphatic heterocycles. The van der Waals surface area contributed by atoms with Crippen LogP contribution in [0.5, 0.6) is 0 Å². The van der Waals surface area contributed by atoms with Crippen LogP contribution in [0.1, 0.15) is 44.7 Å². The minimum absolute atomic E-state index is 0.167. The number of aromatic nitrogens is 3. The molecule has 2 aliphatic rings. The van der Waals surface area contributed by atoms with Crippen molar-refractivity contribution in [2.75, 3.05) is 43.1 Å². The molecule has 9 nitrogen and oxygen atoms in total. The first kappa shape index (κ1) is 23.2. The van der Waals surface area contributed by atoms with E-state index in [4.69, 9.17) is 15.1 Å². The van der Waals surface area contributed by atoms with Crippen LogP contribution in [0.25, 0.3) is 0 Å². The van der Waals surface area contributed by atoms with Crippen LogP contribution < -0.4 is 10.2 Å². The van der Waals surface area contributed by atoms with E-state index in [1.54, 1.807) is 12.3 Å². The Labute approximate surface area is 195 Å². The van der Waals surface area contributed by atoms with E-state index < -0.39 is 5.60 Å². The van der Waals surface area contributed by atoms with Gasteiger partial charge >= 0.3 is 0 Å². The van der Waals surface area contributed by atoms with Crippen molar-refractivity contribution in [3.05, 3.63) is 29.5 Å². The number of rotatable bonds is 5. The number of hydrogen-bond acceptors (Lipinski definition) is 8. The Bertz CT molecular complexity index is 1030. The molecule has 2 saturated heterocycles. The first-order chi connectivity index (χ1) is 15.9. The van der Waals surface area contributed by atoms with Crippen LogP contribution >= 0.6 is 0 Å². The molecular formula is C24H33N7O2. The van der Waals surface area contributed by atoms with Gasteiger partial charge < -0.3 is 25.5 Å². The van der Waals surface area contributed by atoms with Crippen molar-refractivity contribution in [3.8, 4) is 11.8 Å². The molecule has 2 aromatic rings. The second-order valence-electron chi connectivity index (χ2n) is 9.10. The van der Waals surface area contributed by atoms with Crippen LogP contribution in [-0.4, -0.2) is 81.9 Å². The monoisotopic (exact) mass is 451 g/mol. The van der Waals surface area contributed by atoms with E-state index >= 15 is 0 Å². The summed E-state index contributed by atoms with van der Waals surface area (Å²) in [5.41, 5.74) is 0.154. The molecular weight excluding hydrogens is 418 g/mol. The van der Waals surface area contributed by atoms with E-state index in [-0.39, 0.29) is 6.04 Å². The lowest BCUT2D eigenvalue weighted by molar-refractivity contribution is 0.00431. The van der Waals surface area contributed by atoms with Gasteiger partial charge in [-0.3, -0.25) is 10.00 Å². The molecule has 0 aliphatic carbocycles. The molecule has 9 heteroatoms. The third kappa shape index (κ3) is 5.36. The topological polar surface area (TPSA) is 113 Å². The Kier molecular flexibility index (Phi) is 6.98. The van der Waals surface area contributed by atoms with Crippen LogP contribution in [0.2, 0.25) is 0 Å². The summed E-state index contributed by atoms with van der Waals surface area (Å²) in [7, 11) is 0. The van der Waals surface area contributed by atoms with Crippen molar-refractivity contribution in [1.29, 1.82) is 5.41 Å². The van der Waals surface area contributed by atoms with Crippen LogP contribution in [-0.2, 0) is 4.74 Å². The summed E-state index contributed by atoms with van der Waals surface area (Å²) in [4.78, 5) is 9.27. The summed E-state index contributed by atoms with van der Waals surface area (Å²) < 4.78 is 5.59. The van der Waals surface area contributed by atoms with Gasteiger partial charge in [-0.1, -0.05) is 11.8 Å².